The van der Waals surface area contributed by atoms with Gasteiger partial charge in [-0.25, -0.2) is 0 Å². The van der Waals surface area contributed by atoms with Crippen molar-refractivity contribution in [3.05, 3.63) is 63.2 Å². The van der Waals surface area contributed by atoms with Gasteiger partial charge in [0, 0.05) is 11.6 Å². The molecule has 136 valence electrons. The van der Waals surface area contributed by atoms with Crippen LogP contribution in [0.25, 0.3) is 0 Å². The van der Waals surface area contributed by atoms with Crippen LogP contribution < -0.4 is 20.3 Å². The van der Waals surface area contributed by atoms with Crippen molar-refractivity contribution >= 4 is 29.1 Å². The first-order valence-electron chi connectivity index (χ1n) is 7.20. The first-order valence-corrected chi connectivity index (χ1v) is 7.58. The van der Waals surface area contributed by atoms with Crippen LogP contribution in [0.4, 0.5) is 5.69 Å². The number of nitro groups is 1. The zero-order chi connectivity index (χ0) is 19.1. The van der Waals surface area contributed by atoms with Crippen molar-refractivity contribution in [1.29, 1.82) is 0 Å². The van der Waals surface area contributed by atoms with Crippen molar-refractivity contribution in [2.75, 3.05) is 13.7 Å². The molecule has 0 bridgehead atoms. The molecule has 2 N–H and O–H groups in total. The van der Waals surface area contributed by atoms with E-state index in [0.29, 0.717) is 11.5 Å². The molecule has 0 aromatic heterocycles. The Morgan fingerprint density at radius 3 is 2.38 bits per heavy atom. The minimum Gasteiger partial charge on any atom is -0.497 e. The van der Waals surface area contributed by atoms with Gasteiger partial charge >= 0.3 is 0 Å². The minimum absolute atomic E-state index is 0.0301. The number of halogens is 1. The zero-order valence-electron chi connectivity index (χ0n) is 13.5. The van der Waals surface area contributed by atoms with Gasteiger partial charge in [-0.2, -0.15) is 0 Å². The molecule has 0 aliphatic heterocycles. The maximum atomic E-state index is 11.9. The number of hydrazine groups is 1. The Hall–Kier alpha value is -3.33. The molecule has 9 nitrogen and oxygen atoms in total. The van der Waals surface area contributed by atoms with Crippen LogP contribution >= 0.6 is 11.6 Å². The van der Waals surface area contributed by atoms with Gasteiger partial charge in [0.1, 0.15) is 16.5 Å². The van der Waals surface area contributed by atoms with E-state index in [9.17, 15) is 19.7 Å². The molecule has 0 aliphatic carbocycles. The van der Waals surface area contributed by atoms with E-state index in [-0.39, 0.29) is 17.2 Å². The van der Waals surface area contributed by atoms with Crippen molar-refractivity contribution in [1.82, 2.24) is 10.9 Å². The molecular formula is C16H14ClN3O6. The molecule has 2 rings (SSSR count). The van der Waals surface area contributed by atoms with Gasteiger partial charge in [-0.15, -0.1) is 0 Å². The number of rotatable bonds is 6. The van der Waals surface area contributed by atoms with E-state index in [4.69, 9.17) is 21.1 Å². The van der Waals surface area contributed by atoms with E-state index >= 15 is 0 Å². The van der Waals surface area contributed by atoms with Crippen LogP contribution in [0.5, 0.6) is 11.5 Å². The molecule has 0 saturated heterocycles. The van der Waals surface area contributed by atoms with Crippen LogP contribution in [0.2, 0.25) is 5.02 Å². The maximum Gasteiger partial charge on any atom is 0.288 e. The molecule has 2 amide bonds. The monoisotopic (exact) mass is 379 g/mol. The highest BCUT2D eigenvalue weighted by Crippen LogP contribution is 2.24. The second-order valence-electron chi connectivity index (χ2n) is 4.89. The fourth-order valence-corrected chi connectivity index (χ4v) is 2.04. The van der Waals surface area contributed by atoms with Gasteiger partial charge in [-0.05, 0) is 36.4 Å². The summed E-state index contributed by atoms with van der Waals surface area (Å²) in [7, 11) is 1.53. The third-order valence-electron chi connectivity index (χ3n) is 3.15. The Balaban J connectivity index is 1.85. The van der Waals surface area contributed by atoms with E-state index < -0.39 is 22.4 Å². The van der Waals surface area contributed by atoms with E-state index in [0.717, 1.165) is 6.07 Å². The standard InChI is InChI=1S/C16H14ClN3O6/c1-25-11-3-5-12(6-4-11)26-9-15(21)18-19-16(22)10-2-7-13(17)14(8-10)20(23)24/h2-8H,9H2,1H3,(H,18,21)(H,19,22). The van der Waals surface area contributed by atoms with Gasteiger partial charge in [0.05, 0.1) is 12.0 Å². The van der Waals surface area contributed by atoms with E-state index in [1.807, 2.05) is 0 Å². The lowest BCUT2D eigenvalue weighted by atomic mass is 10.2. The van der Waals surface area contributed by atoms with E-state index in [1.165, 1.54) is 19.2 Å². The van der Waals surface area contributed by atoms with Crippen molar-refractivity contribution in [3.8, 4) is 11.5 Å². The molecular weight excluding hydrogens is 366 g/mol. The Bertz CT molecular complexity index is 825. The van der Waals surface area contributed by atoms with Gasteiger partial charge in [0.2, 0.25) is 0 Å². The summed E-state index contributed by atoms with van der Waals surface area (Å²) >= 11 is 5.67. The summed E-state index contributed by atoms with van der Waals surface area (Å²) < 4.78 is 10.2. The number of ether oxygens (including phenoxy) is 2. The molecule has 2 aromatic carbocycles. The second-order valence-corrected chi connectivity index (χ2v) is 5.30. The van der Waals surface area contributed by atoms with Gasteiger partial charge in [0.15, 0.2) is 6.61 Å². The Morgan fingerprint density at radius 1 is 1.12 bits per heavy atom. The third-order valence-corrected chi connectivity index (χ3v) is 3.47. The number of nitrogens with zero attached hydrogens (tertiary/aromatic N) is 1. The first-order chi connectivity index (χ1) is 12.4. The van der Waals surface area contributed by atoms with Gasteiger partial charge in [-0.3, -0.25) is 30.6 Å². The van der Waals surface area contributed by atoms with Crippen LogP contribution in [-0.2, 0) is 4.79 Å². The Kier molecular flexibility index (Phi) is 6.34. The fraction of sp³-hybridized carbons (Fsp3) is 0.125. The molecule has 0 radical (unpaired) electrons. The molecule has 0 unspecified atom stereocenters. The summed E-state index contributed by atoms with van der Waals surface area (Å²) in [5.74, 6) is -0.257. The van der Waals surface area contributed by atoms with Crippen LogP contribution in [0.15, 0.2) is 42.5 Å². The highest BCUT2D eigenvalue weighted by Gasteiger charge is 2.16. The number of nitro benzene ring substituents is 1. The van der Waals surface area contributed by atoms with Crippen LogP contribution in [0.1, 0.15) is 10.4 Å². The molecule has 10 heteroatoms. The number of hydrogen-bond donors (Lipinski definition) is 2. The number of methoxy groups -OCH3 is 1. The number of hydrogen-bond acceptors (Lipinski definition) is 6. The summed E-state index contributed by atoms with van der Waals surface area (Å²) in [5.41, 5.74) is 3.84. The summed E-state index contributed by atoms with van der Waals surface area (Å²) in [6, 6.07) is 10.1. The lowest BCUT2D eigenvalue weighted by Gasteiger charge is -2.09. The van der Waals surface area contributed by atoms with Gasteiger partial charge in [-0.1, -0.05) is 11.6 Å². The largest absolute Gasteiger partial charge is 0.497 e. The molecule has 2 aromatic rings. The first kappa shape index (κ1) is 19.0. The lowest BCUT2D eigenvalue weighted by molar-refractivity contribution is -0.384. The van der Waals surface area contributed by atoms with Gasteiger partial charge in [0.25, 0.3) is 17.5 Å². The molecule has 0 heterocycles. The third kappa shape index (κ3) is 5.08. The predicted octanol–water partition coefficient (Wildman–Crippen LogP) is 2.10. The molecule has 0 saturated carbocycles. The van der Waals surface area contributed by atoms with Crippen molar-refractivity contribution < 1.29 is 24.0 Å². The van der Waals surface area contributed by atoms with Crippen LogP contribution in [0, 0.1) is 10.1 Å². The molecule has 0 spiro atoms. The number of amides is 2. The second kappa shape index (κ2) is 8.67. The molecule has 0 aliphatic rings. The summed E-state index contributed by atoms with van der Waals surface area (Å²) in [5, 5.41) is 10.7. The highest BCUT2D eigenvalue weighted by atomic mass is 35.5. The van der Waals surface area contributed by atoms with E-state index in [2.05, 4.69) is 10.9 Å². The van der Waals surface area contributed by atoms with Crippen molar-refractivity contribution in [2.24, 2.45) is 0 Å². The van der Waals surface area contributed by atoms with Crippen molar-refractivity contribution in [3.63, 3.8) is 0 Å². The maximum absolute atomic E-state index is 11.9. The fourth-order valence-electron chi connectivity index (χ4n) is 1.85. The summed E-state index contributed by atoms with van der Waals surface area (Å²) in [4.78, 5) is 33.7. The van der Waals surface area contributed by atoms with Crippen molar-refractivity contribution in [2.45, 2.75) is 0 Å². The molecule has 26 heavy (non-hydrogen) atoms. The number of nitrogens with one attached hydrogen (secondary N) is 2. The molecule has 0 fully saturated rings. The highest BCUT2D eigenvalue weighted by molar-refractivity contribution is 6.32. The Morgan fingerprint density at radius 2 is 1.77 bits per heavy atom. The van der Waals surface area contributed by atoms with Crippen LogP contribution in [-0.4, -0.2) is 30.5 Å². The summed E-state index contributed by atoms with van der Waals surface area (Å²) in [6.07, 6.45) is 0. The zero-order valence-corrected chi connectivity index (χ0v) is 14.3. The summed E-state index contributed by atoms with van der Waals surface area (Å²) in [6.45, 7) is -0.340. The quantitative estimate of drug-likeness (QED) is 0.585. The SMILES string of the molecule is COc1ccc(OCC(=O)NNC(=O)c2ccc(Cl)c([N+](=O)[O-])c2)cc1. The molecule has 0 atom stereocenters. The van der Waals surface area contributed by atoms with Crippen LogP contribution in [0.3, 0.4) is 0 Å². The smallest absolute Gasteiger partial charge is 0.288 e. The normalized spacial score (nSPS) is 9.92. The number of benzene rings is 2. The lowest BCUT2D eigenvalue weighted by Crippen LogP contribution is -2.43. The number of carbonyl (C=O) groups excluding carboxylic acids is 2. The van der Waals surface area contributed by atoms with Gasteiger partial charge < -0.3 is 9.47 Å². The minimum atomic E-state index is -0.734. The Labute approximate surface area is 153 Å². The topological polar surface area (TPSA) is 120 Å². The average Bonchev–Trinajstić information content (AvgIpc) is 2.64. The average molecular weight is 380 g/mol. The van der Waals surface area contributed by atoms with E-state index in [1.54, 1.807) is 24.3 Å². The number of carbonyl (C=O) groups is 2. The predicted molar refractivity (Wildman–Crippen MR) is 92.2 cm³/mol.